The Balaban J connectivity index is 1.71. The fourth-order valence-electron chi connectivity index (χ4n) is 4.29. The molecule has 0 bridgehead atoms. The van der Waals surface area contributed by atoms with Crippen molar-refractivity contribution >= 4 is 46.7 Å². The number of fused-ring (bicyclic) bond motifs is 1. The van der Waals surface area contributed by atoms with E-state index in [-0.39, 0.29) is 21.2 Å². The lowest BCUT2D eigenvalue weighted by molar-refractivity contribution is -0.154. The predicted octanol–water partition coefficient (Wildman–Crippen LogP) is 4.58. The summed E-state index contributed by atoms with van der Waals surface area (Å²) in [6, 6.07) is 10.7. The summed E-state index contributed by atoms with van der Waals surface area (Å²) in [7, 11) is 1.48. The Bertz CT molecular complexity index is 1230. The number of amides is 3. The molecule has 0 saturated carbocycles. The van der Waals surface area contributed by atoms with E-state index in [1.807, 2.05) is 13.0 Å². The van der Waals surface area contributed by atoms with E-state index in [1.165, 1.54) is 31.4 Å². The number of nitrogens with zero attached hydrogens (tertiary/aromatic N) is 2. The van der Waals surface area contributed by atoms with Gasteiger partial charge in [-0.15, -0.1) is 0 Å². The topological polar surface area (TPSA) is 84.0 Å². The van der Waals surface area contributed by atoms with Crippen molar-refractivity contribution in [2.75, 3.05) is 13.7 Å². The van der Waals surface area contributed by atoms with E-state index in [9.17, 15) is 19.2 Å². The number of allylic oxidation sites excluding steroid dienone is 2. The summed E-state index contributed by atoms with van der Waals surface area (Å²) in [5.41, 5.74) is 1.39. The minimum atomic E-state index is -0.708. The number of hydrazine groups is 1. The van der Waals surface area contributed by atoms with Crippen LogP contribution in [-0.2, 0) is 9.59 Å². The molecular formula is C25H22Cl2N2O5. The van der Waals surface area contributed by atoms with Crippen molar-refractivity contribution in [3.8, 4) is 5.75 Å². The van der Waals surface area contributed by atoms with Gasteiger partial charge in [0.25, 0.3) is 17.7 Å². The lowest BCUT2D eigenvalue weighted by atomic mass is 9.82. The van der Waals surface area contributed by atoms with Crippen molar-refractivity contribution in [1.82, 2.24) is 10.0 Å². The zero-order chi connectivity index (χ0) is 24.6. The highest BCUT2D eigenvalue weighted by Gasteiger charge is 2.51. The van der Waals surface area contributed by atoms with E-state index in [1.54, 1.807) is 18.2 Å². The molecular weight excluding hydrogens is 479 g/mol. The molecule has 0 unspecified atom stereocenters. The molecule has 34 heavy (non-hydrogen) atoms. The summed E-state index contributed by atoms with van der Waals surface area (Å²) in [4.78, 5) is 53.3. The number of ketones is 1. The molecule has 4 rings (SSSR count). The highest BCUT2D eigenvalue weighted by molar-refractivity contribution is 6.42. The third-order valence-corrected chi connectivity index (χ3v) is 6.87. The number of Topliss-reactive ketones (excluding diaryl/α,β-unsaturated/α-hetero) is 1. The summed E-state index contributed by atoms with van der Waals surface area (Å²) in [5.74, 6) is -2.81. The fourth-order valence-corrected chi connectivity index (χ4v) is 4.59. The van der Waals surface area contributed by atoms with E-state index in [0.29, 0.717) is 18.6 Å². The first kappa shape index (κ1) is 24.0. The van der Waals surface area contributed by atoms with Crippen LogP contribution in [0.4, 0.5) is 0 Å². The van der Waals surface area contributed by atoms with Crippen LogP contribution in [-0.4, -0.2) is 47.2 Å². The molecule has 2 aromatic carbocycles. The first-order valence-corrected chi connectivity index (χ1v) is 11.4. The second-order valence-corrected chi connectivity index (χ2v) is 9.15. The molecule has 1 saturated heterocycles. The first-order valence-electron chi connectivity index (χ1n) is 10.7. The maximum absolute atomic E-state index is 13.5. The molecule has 1 aliphatic carbocycles. The molecule has 1 heterocycles. The Morgan fingerprint density at radius 3 is 2.47 bits per heavy atom. The molecule has 2 aromatic rings. The average molecular weight is 501 g/mol. The molecule has 0 radical (unpaired) electrons. The van der Waals surface area contributed by atoms with Crippen LogP contribution in [0.3, 0.4) is 0 Å². The monoisotopic (exact) mass is 500 g/mol. The molecule has 7 nitrogen and oxygen atoms in total. The number of hydrogen-bond donors (Lipinski definition) is 0. The van der Waals surface area contributed by atoms with Gasteiger partial charge in [-0.25, -0.2) is 5.01 Å². The SMILES string of the molecule is COc1cccc(C(=O)CN(C(=O)c2ccc(Cl)c(Cl)c2)N2C(=O)[C@H]3CC(C)=CC[C@H]3C2=O)c1. The van der Waals surface area contributed by atoms with Gasteiger partial charge in [-0.1, -0.05) is 47.0 Å². The van der Waals surface area contributed by atoms with E-state index in [2.05, 4.69) is 0 Å². The van der Waals surface area contributed by atoms with Gasteiger partial charge < -0.3 is 4.74 Å². The van der Waals surface area contributed by atoms with Crippen LogP contribution in [0.5, 0.6) is 5.75 Å². The summed E-state index contributed by atoms with van der Waals surface area (Å²) in [5, 5.41) is 2.14. The van der Waals surface area contributed by atoms with Gasteiger partial charge >= 0.3 is 0 Å². The summed E-state index contributed by atoms with van der Waals surface area (Å²) in [6.07, 6.45) is 2.78. The van der Waals surface area contributed by atoms with E-state index < -0.39 is 41.9 Å². The lowest BCUT2D eigenvalue weighted by Gasteiger charge is -2.30. The van der Waals surface area contributed by atoms with E-state index in [0.717, 1.165) is 15.6 Å². The predicted molar refractivity (Wildman–Crippen MR) is 127 cm³/mol. The largest absolute Gasteiger partial charge is 0.497 e. The van der Waals surface area contributed by atoms with Crippen LogP contribution in [0.1, 0.15) is 40.5 Å². The summed E-state index contributed by atoms with van der Waals surface area (Å²) in [6.45, 7) is 1.39. The van der Waals surface area contributed by atoms with Crippen LogP contribution in [0.2, 0.25) is 10.0 Å². The van der Waals surface area contributed by atoms with Crippen LogP contribution >= 0.6 is 23.2 Å². The Hall–Kier alpha value is -3.16. The van der Waals surface area contributed by atoms with Gasteiger partial charge in [0, 0.05) is 11.1 Å². The lowest BCUT2D eigenvalue weighted by Crippen LogP contribution is -2.52. The second kappa shape index (κ2) is 9.60. The number of imide groups is 1. The molecule has 0 N–H and O–H groups in total. The molecule has 0 spiro atoms. The van der Waals surface area contributed by atoms with Crippen molar-refractivity contribution < 1.29 is 23.9 Å². The van der Waals surface area contributed by atoms with Crippen molar-refractivity contribution in [2.24, 2.45) is 11.8 Å². The van der Waals surface area contributed by atoms with E-state index in [4.69, 9.17) is 27.9 Å². The molecule has 2 aliphatic rings. The number of benzene rings is 2. The van der Waals surface area contributed by atoms with Crippen LogP contribution in [0.15, 0.2) is 54.1 Å². The number of halogens is 2. The van der Waals surface area contributed by atoms with Crippen molar-refractivity contribution in [3.63, 3.8) is 0 Å². The number of carbonyl (C=O) groups excluding carboxylic acids is 4. The minimum Gasteiger partial charge on any atom is -0.497 e. The van der Waals surface area contributed by atoms with Crippen molar-refractivity contribution in [1.29, 1.82) is 0 Å². The van der Waals surface area contributed by atoms with E-state index >= 15 is 0 Å². The average Bonchev–Trinajstić information content (AvgIpc) is 3.07. The van der Waals surface area contributed by atoms with Gasteiger partial charge in [0.2, 0.25) is 0 Å². The molecule has 176 valence electrons. The quantitative estimate of drug-likeness (QED) is 0.329. The Labute approximate surface area is 206 Å². The maximum atomic E-state index is 13.5. The standard InChI is InChI=1S/C25H22Cl2N2O5/c1-14-6-8-18-19(10-14)25(33)29(24(18)32)28(23(31)16-7-9-20(26)21(27)12-16)13-22(30)15-4-3-5-17(11-15)34-2/h3-7,9,11-12,18-19H,8,10,13H2,1-2H3/t18-,19+/m1/s1. The number of carbonyl (C=O) groups is 4. The van der Waals surface area contributed by atoms with Gasteiger partial charge in [0.15, 0.2) is 5.78 Å². The fraction of sp³-hybridized carbons (Fsp3) is 0.280. The minimum absolute atomic E-state index is 0.0950. The summed E-state index contributed by atoms with van der Waals surface area (Å²) < 4.78 is 5.17. The zero-order valence-electron chi connectivity index (χ0n) is 18.6. The van der Waals surface area contributed by atoms with Gasteiger partial charge in [-0.2, -0.15) is 5.01 Å². The van der Waals surface area contributed by atoms with Crippen molar-refractivity contribution in [3.05, 3.63) is 75.3 Å². The molecule has 2 atom stereocenters. The third kappa shape index (κ3) is 4.45. The van der Waals surface area contributed by atoms with Gasteiger partial charge in [-0.3, -0.25) is 19.2 Å². The first-order chi connectivity index (χ1) is 16.2. The number of ether oxygens (including phenoxy) is 1. The molecule has 9 heteroatoms. The Morgan fingerprint density at radius 1 is 1.03 bits per heavy atom. The van der Waals surface area contributed by atoms with Crippen LogP contribution < -0.4 is 4.74 Å². The molecule has 0 aromatic heterocycles. The maximum Gasteiger partial charge on any atom is 0.273 e. The second-order valence-electron chi connectivity index (χ2n) is 8.34. The van der Waals surface area contributed by atoms with Gasteiger partial charge in [-0.05, 0) is 50.1 Å². The van der Waals surface area contributed by atoms with Crippen molar-refractivity contribution in [2.45, 2.75) is 19.8 Å². The molecule has 1 aliphatic heterocycles. The number of hydrogen-bond acceptors (Lipinski definition) is 5. The van der Waals surface area contributed by atoms with Crippen LogP contribution in [0.25, 0.3) is 0 Å². The smallest absolute Gasteiger partial charge is 0.273 e. The summed E-state index contributed by atoms with van der Waals surface area (Å²) >= 11 is 12.1. The number of methoxy groups -OCH3 is 1. The Kier molecular flexibility index (Phi) is 6.77. The molecule has 3 amide bonds. The highest BCUT2D eigenvalue weighted by Crippen LogP contribution is 2.39. The highest BCUT2D eigenvalue weighted by atomic mass is 35.5. The zero-order valence-corrected chi connectivity index (χ0v) is 20.1. The third-order valence-electron chi connectivity index (χ3n) is 6.13. The van der Waals surface area contributed by atoms with Gasteiger partial charge in [0.05, 0.1) is 29.0 Å². The van der Waals surface area contributed by atoms with Crippen LogP contribution in [0, 0.1) is 11.8 Å². The number of rotatable bonds is 6. The Morgan fingerprint density at radius 2 is 1.76 bits per heavy atom. The molecule has 1 fully saturated rings. The van der Waals surface area contributed by atoms with Gasteiger partial charge in [0.1, 0.15) is 12.3 Å². The normalized spacial score (nSPS) is 19.5.